The summed E-state index contributed by atoms with van der Waals surface area (Å²) in [5, 5.41) is 7.00. The molecule has 5 nitrogen and oxygen atoms in total. The van der Waals surface area contributed by atoms with Crippen molar-refractivity contribution in [2.24, 2.45) is 7.05 Å². The molecule has 112 valence electrons. The molecular formula is C15H19FN4O. The van der Waals surface area contributed by atoms with E-state index in [1.165, 1.54) is 12.1 Å². The Hall–Kier alpha value is -2.37. The van der Waals surface area contributed by atoms with Crippen LogP contribution in [0.2, 0.25) is 0 Å². The molecule has 0 radical (unpaired) electrons. The summed E-state index contributed by atoms with van der Waals surface area (Å²) in [7, 11) is 1.84. The number of benzene rings is 1. The van der Waals surface area contributed by atoms with E-state index in [1.54, 1.807) is 11.6 Å². The normalized spacial score (nSPS) is 10.7. The average molecular weight is 290 g/mol. The molecule has 0 saturated heterocycles. The Bertz CT molecular complexity index is 706. The summed E-state index contributed by atoms with van der Waals surface area (Å²) in [4.78, 5) is 12.1. The van der Waals surface area contributed by atoms with Crippen molar-refractivity contribution < 1.29 is 9.18 Å². The molecule has 0 saturated carbocycles. The Morgan fingerprint density at radius 1 is 1.38 bits per heavy atom. The monoisotopic (exact) mass is 290 g/mol. The van der Waals surface area contributed by atoms with Crippen LogP contribution >= 0.6 is 0 Å². The van der Waals surface area contributed by atoms with Crippen LogP contribution in [0, 0.1) is 26.6 Å². The first-order valence-corrected chi connectivity index (χ1v) is 6.64. The molecule has 1 amide bonds. The molecule has 0 bridgehead atoms. The minimum atomic E-state index is -0.540. The van der Waals surface area contributed by atoms with E-state index in [1.807, 2.05) is 20.9 Å². The molecule has 0 aliphatic carbocycles. The second-order valence-corrected chi connectivity index (χ2v) is 5.16. The Kier molecular flexibility index (Phi) is 3.97. The first-order chi connectivity index (χ1) is 9.81. The largest absolute Gasteiger partial charge is 0.399 e. The third-order valence-electron chi connectivity index (χ3n) is 3.61. The predicted molar refractivity (Wildman–Crippen MR) is 79.4 cm³/mol. The Morgan fingerprint density at radius 2 is 2.05 bits per heavy atom. The van der Waals surface area contributed by atoms with Gasteiger partial charge in [-0.25, -0.2) is 4.39 Å². The van der Waals surface area contributed by atoms with Crippen LogP contribution < -0.4 is 11.1 Å². The number of rotatable bonds is 3. The van der Waals surface area contributed by atoms with Crippen LogP contribution in [0.5, 0.6) is 0 Å². The molecule has 6 heteroatoms. The van der Waals surface area contributed by atoms with Gasteiger partial charge in [0.1, 0.15) is 5.82 Å². The highest BCUT2D eigenvalue weighted by Gasteiger charge is 2.16. The Labute approximate surface area is 123 Å². The Morgan fingerprint density at radius 3 is 2.62 bits per heavy atom. The number of hydrogen-bond acceptors (Lipinski definition) is 3. The smallest absolute Gasteiger partial charge is 0.254 e. The molecule has 0 spiro atoms. The van der Waals surface area contributed by atoms with Gasteiger partial charge in [-0.05, 0) is 38.5 Å². The van der Waals surface area contributed by atoms with Gasteiger partial charge < -0.3 is 11.1 Å². The molecule has 2 rings (SSSR count). The van der Waals surface area contributed by atoms with Crippen LogP contribution in [-0.4, -0.2) is 15.7 Å². The topological polar surface area (TPSA) is 72.9 Å². The molecule has 0 aliphatic heterocycles. The van der Waals surface area contributed by atoms with E-state index in [2.05, 4.69) is 10.4 Å². The highest BCUT2D eigenvalue weighted by molar-refractivity contribution is 5.95. The number of nitrogens with zero attached hydrogens (tertiary/aromatic N) is 2. The van der Waals surface area contributed by atoms with Crippen molar-refractivity contribution in [2.75, 3.05) is 5.73 Å². The number of hydrogen-bond donors (Lipinski definition) is 2. The molecule has 1 aromatic heterocycles. The number of nitrogens with one attached hydrogen (secondary N) is 1. The van der Waals surface area contributed by atoms with E-state index in [0.717, 1.165) is 17.0 Å². The molecule has 0 aliphatic rings. The number of amides is 1. The van der Waals surface area contributed by atoms with Crippen LogP contribution in [0.4, 0.5) is 10.1 Å². The van der Waals surface area contributed by atoms with Crippen LogP contribution in [0.25, 0.3) is 0 Å². The Balaban J connectivity index is 2.19. The standard InChI is InChI=1S/C15H19FN4O/c1-8-5-11(17)6-12(14(8)16)15(21)18-7-13-9(2)19-20(4)10(13)3/h5-6H,7,17H2,1-4H3,(H,18,21). The summed E-state index contributed by atoms with van der Waals surface area (Å²) < 4.78 is 15.7. The summed E-state index contributed by atoms with van der Waals surface area (Å²) >= 11 is 0. The number of aromatic nitrogens is 2. The van der Waals surface area contributed by atoms with Gasteiger partial charge in [-0.3, -0.25) is 9.48 Å². The van der Waals surface area contributed by atoms with Crippen molar-refractivity contribution in [3.8, 4) is 0 Å². The van der Waals surface area contributed by atoms with Gasteiger partial charge in [-0.1, -0.05) is 0 Å². The minimum absolute atomic E-state index is 0.0355. The van der Waals surface area contributed by atoms with Crippen LogP contribution in [0.15, 0.2) is 12.1 Å². The zero-order chi connectivity index (χ0) is 15.7. The second-order valence-electron chi connectivity index (χ2n) is 5.16. The molecule has 0 unspecified atom stereocenters. The second kappa shape index (κ2) is 5.55. The highest BCUT2D eigenvalue weighted by atomic mass is 19.1. The van der Waals surface area contributed by atoms with Gasteiger partial charge >= 0.3 is 0 Å². The van der Waals surface area contributed by atoms with E-state index in [9.17, 15) is 9.18 Å². The van der Waals surface area contributed by atoms with E-state index < -0.39 is 11.7 Å². The SMILES string of the molecule is Cc1cc(N)cc(C(=O)NCc2c(C)nn(C)c2C)c1F. The number of anilines is 1. The maximum absolute atomic E-state index is 14.0. The lowest BCUT2D eigenvalue weighted by molar-refractivity contribution is 0.0946. The summed E-state index contributed by atoms with van der Waals surface area (Å²) in [6, 6.07) is 2.85. The van der Waals surface area contributed by atoms with Gasteiger partial charge in [0.25, 0.3) is 5.91 Å². The molecule has 1 aromatic carbocycles. The highest BCUT2D eigenvalue weighted by Crippen LogP contribution is 2.17. The van der Waals surface area contributed by atoms with E-state index in [0.29, 0.717) is 17.8 Å². The van der Waals surface area contributed by atoms with E-state index in [-0.39, 0.29) is 5.56 Å². The lowest BCUT2D eigenvalue weighted by atomic mass is 10.1. The van der Waals surface area contributed by atoms with Crippen molar-refractivity contribution in [3.05, 3.63) is 46.0 Å². The van der Waals surface area contributed by atoms with Gasteiger partial charge in [-0.15, -0.1) is 0 Å². The summed E-state index contributed by atoms with van der Waals surface area (Å²) in [6.45, 7) is 5.68. The number of carbonyl (C=O) groups is 1. The van der Waals surface area contributed by atoms with Crippen LogP contribution in [0.3, 0.4) is 0 Å². The van der Waals surface area contributed by atoms with Crippen molar-refractivity contribution >= 4 is 11.6 Å². The number of halogens is 1. The third-order valence-corrected chi connectivity index (χ3v) is 3.61. The van der Waals surface area contributed by atoms with Gasteiger partial charge in [0.15, 0.2) is 0 Å². The van der Waals surface area contributed by atoms with Crippen LogP contribution in [0.1, 0.15) is 32.9 Å². The molecule has 0 atom stereocenters. The number of nitrogens with two attached hydrogens (primary N) is 1. The first-order valence-electron chi connectivity index (χ1n) is 6.64. The van der Waals surface area contributed by atoms with Gasteiger partial charge in [-0.2, -0.15) is 5.10 Å². The number of nitrogen functional groups attached to an aromatic ring is 1. The van der Waals surface area contributed by atoms with Crippen molar-refractivity contribution in [2.45, 2.75) is 27.3 Å². The van der Waals surface area contributed by atoms with Crippen molar-refractivity contribution in [1.82, 2.24) is 15.1 Å². The summed E-state index contributed by atoms with van der Waals surface area (Å²) in [5.41, 5.74) is 9.11. The first kappa shape index (κ1) is 15.0. The number of carbonyl (C=O) groups excluding carboxylic acids is 1. The molecule has 2 aromatic rings. The van der Waals surface area contributed by atoms with Crippen LogP contribution in [-0.2, 0) is 13.6 Å². The summed E-state index contributed by atoms with van der Waals surface area (Å²) in [5.74, 6) is -1.02. The van der Waals surface area contributed by atoms with E-state index >= 15 is 0 Å². The average Bonchev–Trinajstić information content (AvgIpc) is 2.65. The predicted octanol–water partition coefficient (Wildman–Crippen LogP) is 2.00. The van der Waals surface area contributed by atoms with Gasteiger partial charge in [0.2, 0.25) is 0 Å². The fourth-order valence-electron chi connectivity index (χ4n) is 2.30. The lowest BCUT2D eigenvalue weighted by Crippen LogP contribution is -2.25. The molecule has 1 heterocycles. The lowest BCUT2D eigenvalue weighted by Gasteiger charge is -2.09. The maximum atomic E-state index is 14.0. The van der Waals surface area contributed by atoms with Gasteiger partial charge in [0, 0.05) is 30.5 Å². The quantitative estimate of drug-likeness (QED) is 0.849. The molecular weight excluding hydrogens is 271 g/mol. The fourth-order valence-corrected chi connectivity index (χ4v) is 2.30. The van der Waals surface area contributed by atoms with Crippen molar-refractivity contribution in [3.63, 3.8) is 0 Å². The fraction of sp³-hybridized carbons (Fsp3) is 0.333. The number of aryl methyl sites for hydroxylation is 3. The molecule has 21 heavy (non-hydrogen) atoms. The zero-order valence-electron chi connectivity index (χ0n) is 12.6. The van der Waals surface area contributed by atoms with E-state index in [4.69, 9.17) is 5.73 Å². The van der Waals surface area contributed by atoms with Crippen molar-refractivity contribution in [1.29, 1.82) is 0 Å². The van der Waals surface area contributed by atoms with Gasteiger partial charge in [0.05, 0.1) is 11.3 Å². The molecule has 0 fully saturated rings. The maximum Gasteiger partial charge on any atom is 0.254 e. The summed E-state index contributed by atoms with van der Waals surface area (Å²) in [6.07, 6.45) is 0. The molecule has 3 N–H and O–H groups in total. The third kappa shape index (κ3) is 2.89. The minimum Gasteiger partial charge on any atom is -0.399 e. The zero-order valence-corrected chi connectivity index (χ0v) is 12.6.